The lowest BCUT2D eigenvalue weighted by molar-refractivity contribution is -0.141. The first-order valence-corrected chi connectivity index (χ1v) is 9.53. The minimum absolute atomic E-state index is 0.0632. The third-order valence-electron chi connectivity index (χ3n) is 4.62. The highest BCUT2D eigenvalue weighted by Crippen LogP contribution is 2.49. The number of rotatable bonds is 6. The summed E-state index contributed by atoms with van der Waals surface area (Å²) in [6, 6.07) is 14.7. The summed E-state index contributed by atoms with van der Waals surface area (Å²) in [5.41, 5.74) is 1.87. The first kappa shape index (κ1) is 18.9. The molecule has 1 saturated carbocycles. The number of ether oxygens (including phenoxy) is 1. The minimum atomic E-state index is -0.421. The SMILES string of the molecule is COC(=O)CC(NC(=O)C1CC1c1ccccc1Cl)c1ccc(Br)cc1. The van der Waals surface area contributed by atoms with Crippen LogP contribution in [0.4, 0.5) is 0 Å². The lowest BCUT2D eigenvalue weighted by atomic mass is 10.0. The molecule has 0 spiro atoms. The second-order valence-electron chi connectivity index (χ2n) is 6.36. The quantitative estimate of drug-likeness (QED) is 0.672. The molecule has 136 valence electrons. The normalized spacial score (nSPS) is 19.5. The van der Waals surface area contributed by atoms with E-state index in [9.17, 15) is 9.59 Å². The van der Waals surface area contributed by atoms with Gasteiger partial charge in [0.25, 0.3) is 0 Å². The number of nitrogens with one attached hydrogen (secondary N) is 1. The molecule has 1 N–H and O–H groups in total. The maximum absolute atomic E-state index is 12.7. The van der Waals surface area contributed by atoms with E-state index in [1.165, 1.54) is 7.11 Å². The molecule has 6 heteroatoms. The molecule has 0 bridgehead atoms. The number of hydrogen-bond donors (Lipinski definition) is 1. The van der Waals surface area contributed by atoms with Gasteiger partial charge in [0, 0.05) is 15.4 Å². The van der Waals surface area contributed by atoms with E-state index in [-0.39, 0.29) is 30.1 Å². The van der Waals surface area contributed by atoms with E-state index in [4.69, 9.17) is 16.3 Å². The van der Waals surface area contributed by atoms with E-state index < -0.39 is 6.04 Å². The van der Waals surface area contributed by atoms with Crippen LogP contribution < -0.4 is 5.32 Å². The molecule has 0 aromatic heterocycles. The fourth-order valence-corrected chi connectivity index (χ4v) is 3.62. The van der Waals surface area contributed by atoms with Crippen LogP contribution in [0.1, 0.15) is 35.9 Å². The second kappa shape index (κ2) is 8.23. The number of methoxy groups -OCH3 is 1. The lowest BCUT2D eigenvalue weighted by Gasteiger charge is -2.18. The molecule has 2 aromatic carbocycles. The molecule has 26 heavy (non-hydrogen) atoms. The minimum Gasteiger partial charge on any atom is -0.469 e. The monoisotopic (exact) mass is 435 g/mol. The van der Waals surface area contributed by atoms with Crippen molar-refractivity contribution in [3.8, 4) is 0 Å². The van der Waals surface area contributed by atoms with Crippen molar-refractivity contribution >= 4 is 39.4 Å². The van der Waals surface area contributed by atoms with Crippen molar-refractivity contribution < 1.29 is 14.3 Å². The summed E-state index contributed by atoms with van der Waals surface area (Å²) in [6.45, 7) is 0. The molecule has 0 radical (unpaired) electrons. The second-order valence-corrected chi connectivity index (χ2v) is 7.69. The van der Waals surface area contributed by atoms with Crippen molar-refractivity contribution in [3.05, 3.63) is 69.2 Å². The molecule has 1 fully saturated rings. The molecule has 0 saturated heterocycles. The summed E-state index contributed by atoms with van der Waals surface area (Å²) in [7, 11) is 1.34. The Hall–Kier alpha value is -1.85. The third-order valence-corrected chi connectivity index (χ3v) is 5.49. The molecule has 1 amide bonds. The van der Waals surface area contributed by atoms with Gasteiger partial charge in [0.15, 0.2) is 0 Å². The van der Waals surface area contributed by atoms with Crippen molar-refractivity contribution in [1.82, 2.24) is 5.32 Å². The lowest BCUT2D eigenvalue weighted by Crippen LogP contribution is -2.32. The van der Waals surface area contributed by atoms with Gasteiger partial charge < -0.3 is 10.1 Å². The van der Waals surface area contributed by atoms with Crippen molar-refractivity contribution in [1.29, 1.82) is 0 Å². The fourth-order valence-electron chi connectivity index (χ4n) is 3.08. The summed E-state index contributed by atoms with van der Waals surface area (Å²) >= 11 is 9.63. The van der Waals surface area contributed by atoms with Crippen LogP contribution in [0.25, 0.3) is 0 Å². The Morgan fingerprint density at radius 1 is 1.23 bits per heavy atom. The van der Waals surface area contributed by atoms with Crippen LogP contribution in [0.5, 0.6) is 0 Å². The summed E-state index contributed by atoms with van der Waals surface area (Å²) in [5, 5.41) is 3.69. The van der Waals surface area contributed by atoms with Crippen LogP contribution in [0, 0.1) is 5.92 Å². The Labute approximate surface area is 166 Å². The van der Waals surface area contributed by atoms with E-state index in [2.05, 4.69) is 21.2 Å². The number of halogens is 2. The van der Waals surface area contributed by atoms with Gasteiger partial charge in [-0.2, -0.15) is 0 Å². The number of benzene rings is 2. The standard InChI is InChI=1S/C20H19BrClNO3/c1-26-19(24)11-18(12-6-8-13(21)9-7-12)23-20(25)16-10-15(16)14-4-2-3-5-17(14)22/h2-9,15-16,18H,10-11H2,1H3,(H,23,25). The van der Waals surface area contributed by atoms with Crippen LogP contribution >= 0.6 is 27.5 Å². The first-order valence-electron chi connectivity index (χ1n) is 8.36. The molecule has 0 heterocycles. The number of carbonyl (C=O) groups is 2. The average molecular weight is 437 g/mol. The molecule has 3 rings (SSSR count). The fraction of sp³-hybridized carbons (Fsp3) is 0.300. The van der Waals surface area contributed by atoms with Crippen LogP contribution in [-0.4, -0.2) is 19.0 Å². The molecular weight excluding hydrogens is 418 g/mol. The van der Waals surface area contributed by atoms with Crippen molar-refractivity contribution in [2.24, 2.45) is 5.92 Å². The van der Waals surface area contributed by atoms with Gasteiger partial charge in [-0.3, -0.25) is 9.59 Å². The Morgan fingerprint density at radius 3 is 2.58 bits per heavy atom. The number of hydrogen-bond acceptors (Lipinski definition) is 3. The van der Waals surface area contributed by atoms with E-state index in [1.54, 1.807) is 0 Å². The predicted octanol–water partition coefficient (Wildman–Crippen LogP) is 4.63. The Kier molecular flexibility index (Phi) is 5.99. The van der Waals surface area contributed by atoms with Crippen molar-refractivity contribution in [2.75, 3.05) is 7.11 Å². The van der Waals surface area contributed by atoms with Gasteiger partial charge in [0.2, 0.25) is 5.91 Å². The number of esters is 1. The van der Waals surface area contributed by atoms with Gasteiger partial charge in [-0.1, -0.05) is 57.9 Å². The van der Waals surface area contributed by atoms with Crippen LogP contribution in [-0.2, 0) is 14.3 Å². The zero-order chi connectivity index (χ0) is 18.7. The van der Waals surface area contributed by atoms with Gasteiger partial charge in [0.05, 0.1) is 19.6 Å². The van der Waals surface area contributed by atoms with E-state index in [0.29, 0.717) is 5.02 Å². The topological polar surface area (TPSA) is 55.4 Å². The highest BCUT2D eigenvalue weighted by Gasteiger charge is 2.45. The molecule has 3 atom stereocenters. The molecule has 2 aromatic rings. The molecular formula is C20H19BrClNO3. The first-order chi connectivity index (χ1) is 12.5. The Bertz CT molecular complexity index is 809. The van der Waals surface area contributed by atoms with Gasteiger partial charge in [-0.05, 0) is 41.7 Å². The third kappa shape index (κ3) is 4.46. The Balaban J connectivity index is 1.71. The smallest absolute Gasteiger partial charge is 0.307 e. The summed E-state index contributed by atoms with van der Waals surface area (Å²) in [5.74, 6) is -0.415. The number of carbonyl (C=O) groups excluding carboxylic acids is 2. The summed E-state index contributed by atoms with van der Waals surface area (Å²) in [6.07, 6.45) is 0.855. The van der Waals surface area contributed by atoms with Gasteiger partial charge in [0.1, 0.15) is 0 Å². The molecule has 3 unspecified atom stereocenters. The van der Waals surface area contributed by atoms with Crippen LogP contribution in [0.3, 0.4) is 0 Å². The van der Waals surface area contributed by atoms with Crippen LogP contribution in [0.2, 0.25) is 5.02 Å². The van der Waals surface area contributed by atoms with Gasteiger partial charge >= 0.3 is 5.97 Å². The average Bonchev–Trinajstić information content (AvgIpc) is 3.42. The zero-order valence-electron chi connectivity index (χ0n) is 14.2. The zero-order valence-corrected chi connectivity index (χ0v) is 16.6. The van der Waals surface area contributed by atoms with E-state index >= 15 is 0 Å². The summed E-state index contributed by atoms with van der Waals surface area (Å²) in [4.78, 5) is 24.5. The van der Waals surface area contributed by atoms with Gasteiger partial charge in [-0.25, -0.2) is 0 Å². The predicted molar refractivity (Wildman–Crippen MR) is 104 cm³/mol. The highest BCUT2D eigenvalue weighted by molar-refractivity contribution is 9.10. The number of amides is 1. The molecule has 1 aliphatic rings. The van der Waals surface area contributed by atoms with Crippen LogP contribution in [0.15, 0.2) is 53.0 Å². The maximum Gasteiger partial charge on any atom is 0.307 e. The molecule has 4 nitrogen and oxygen atoms in total. The largest absolute Gasteiger partial charge is 0.469 e. The van der Waals surface area contributed by atoms with E-state index in [1.807, 2.05) is 48.5 Å². The molecule has 0 aliphatic heterocycles. The maximum atomic E-state index is 12.7. The highest BCUT2D eigenvalue weighted by atomic mass is 79.9. The van der Waals surface area contributed by atoms with Gasteiger partial charge in [-0.15, -0.1) is 0 Å². The van der Waals surface area contributed by atoms with E-state index in [0.717, 1.165) is 22.0 Å². The van der Waals surface area contributed by atoms with Crippen molar-refractivity contribution in [3.63, 3.8) is 0 Å². The Morgan fingerprint density at radius 2 is 1.92 bits per heavy atom. The van der Waals surface area contributed by atoms with Crippen molar-refractivity contribution in [2.45, 2.75) is 24.8 Å². The molecule has 1 aliphatic carbocycles. The summed E-state index contributed by atoms with van der Waals surface area (Å²) < 4.78 is 5.71.